The molecule has 26 nitrogen and oxygen atoms in total. The number of aliphatic hydroxyl groups is 6. The summed E-state index contributed by atoms with van der Waals surface area (Å²) in [5, 5.41) is 84.1. The summed E-state index contributed by atoms with van der Waals surface area (Å²) < 4.78 is 22.7. The van der Waals surface area contributed by atoms with Crippen LogP contribution < -0.4 is 41.4 Å². The lowest BCUT2D eigenvalue weighted by atomic mass is 9.98. The Morgan fingerprint density at radius 1 is 0.702 bits per heavy atom. The number of benzene rings is 3. The number of β-amino-alcohol motifs (C(OH)–C–C–N with tert-alkyl or cyclic N) is 1. The molecular formula is C57H77BrN8O18. The number of hydrogen-bond donors (Lipinski definition) is 12. The maximum absolute atomic E-state index is 15.0. The number of ether oxygens (including phenoxy) is 4. The minimum atomic E-state index is -2.08. The Labute approximate surface area is 494 Å². The first-order valence-corrected chi connectivity index (χ1v) is 28.8. The van der Waals surface area contributed by atoms with Crippen LogP contribution in [0.3, 0.4) is 0 Å². The summed E-state index contributed by atoms with van der Waals surface area (Å²) >= 11 is 3.35. The number of fused-ring (bicyclic) bond motifs is 2. The van der Waals surface area contributed by atoms with E-state index in [1.165, 1.54) is 6.92 Å². The minimum absolute atomic E-state index is 0.111. The van der Waals surface area contributed by atoms with Crippen LogP contribution in [0.4, 0.5) is 9.59 Å². The van der Waals surface area contributed by atoms with E-state index in [4.69, 9.17) is 18.9 Å². The molecule has 0 spiro atoms. The fourth-order valence-corrected chi connectivity index (χ4v) is 9.95. The zero-order chi connectivity index (χ0) is 61.4. The van der Waals surface area contributed by atoms with E-state index in [1.54, 1.807) is 69.3 Å². The maximum Gasteiger partial charge on any atom is 0.408 e. The molecule has 27 heteroatoms. The number of alkyl halides is 1. The van der Waals surface area contributed by atoms with Crippen molar-refractivity contribution >= 4 is 63.6 Å². The highest BCUT2D eigenvalue weighted by molar-refractivity contribution is 9.09. The largest absolute Gasteiger partial charge is 0.489 e. The molecule has 3 fully saturated rings. The quantitative estimate of drug-likeness (QED) is 0.0751. The summed E-state index contributed by atoms with van der Waals surface area (Å²) in [4.78, 5) is 115. The van der Waals surface area contributed by atoms with E-state index >= 15 is 9.59 Å². The highest BCUT2D eigenvalue weighted by Crippen LogP contribution is 2.31. The Hall–Kier alpha value is -7.14. The van der Waals surface area contributed by atoms with E-state index in [-0.39, 0.29) is 38.7 Å². The molecule has 0 bridgehead atoms. The Morgan fingerprint density at radius 3 is 1.98 bits per heavy atom. The first-order chi connectivity index (χ1) is 39.8. The summed E-state index contributed by atoms with van der Waals surface area (Å²) in [5.74, 6) is -7.12. The van der Waals surface area contributed by atoms with Crippen LogP contribution in [0.2, 0.25) is 0 Å². The first kappa shape index (κ1) is 66.0. The number of carbonyl (C=O) groups is 8. The molecule has 6 rings (SSSR count). The molecule has 3 aromatic rings. The van der Waals surface area contributed by atoms with Gasteiger partial charge in [0.05, 0.1) is 43.2 Å². The Morgan fingerprint density at radius 2 is 1.33 bits per heavy atom. The van der Waals surface area contributed by atoms with Crippen molar-refractivity contribution in [3.63, 3.8) is 0 Å². The number of rotatable bonds is 17. The number of nitrogens with zero attached hydrogens (tertiary/aromatic N) is 2. The average Bonchev–Trinajstić information content (AvgIpc) is 4.15. The predicted molar refractivity (Wildman–Crippen MR) is 303 cm³/mol. The van der Waals surface area contributed by atoms with Crippen molar-refractivity contribution in [1.29, 1.82) is 0 Å². The normalized spacial score (nSPS) is 25.9. The number of halogens is 1. The fourth-order valence-electron chi connectivity index (χ4n) is 9.79. The van der Waals surface area contributed by atoms with Crippen molar-refractivity contribution < 1.29 is 87.9 Å². The van der Waals surface area contributed by atoms with Gasteiger partial charge in [-0.1, -0.05) is 89.6 Å². The van der Waals surface area contributed by atoms with Gasteiger partial charge < -0.3 is 91.3 Å². The van der Waals surface area contributed by atoms with Crippen LogP contribution in [-0.2, 0) is 57.9 Å². The summed E-state index contributed by atoms with van der Waals surface area (Å²) in [6.07, 6.45) is -14.3. The van der Waals surface area contributed by atoms with Gasteiger partial charge in [0.15, 0.2) is 11.5 Å². The van der Waals surface area contributed by atoms with Gasteiger partial charge in [0.1, 0.15) is 55.1 Å². The van der Waals surface area contributed by atoms with E-state index in [1.807, 2.05) is 30.3 Å². The third kappa shape index (κ3) is 18.7. The van der Waals surface area contributed by atoms with E-state index < -0.39 is 171 Å². The topological polar surface area (TPSA) is 374 Å². The zero-order valence-corrected chi connectivity index (χ0v) is 48.9. The van der Waals surface area contributed by atoms with E-state index in [2.05, 4.69) is 47.8 Å². The number of aliphatic hydroxyl groups excluding tert-OH is 6. The Balaban J connectivity index is 1.39. The predicted octanol–water partition coefficient (Wildman–Crippen LogP) is -0.601. The van der Waals surface area contributed by atoms with Gasteiger partial charge >= 0.3 is 12.2 Å². The molecule has 0 aromatic heterocycles. The van der Waals surface area contributed by atoms with Gasteiger partial charge in [-0.15, -0.1) is 0 Å². The van der Waals surface area contributed by atoms with Crippen LogP contribution in [0, 0.1) is 5.92 Å². The lowest BCUT2D eigenvalue weighted by Gasteiger charge is -2.34. The highest BCUT2D eigenvalue weighted by atomic mass is 79.9. The molecule has 3 aromatic carbocycles. The molecule has 8 amide bonds. The SMILES string of the molecule is C[C@@H](O)[C@@H]1NC(=O)[C@@H](NC(=O)OC(C)(C)C)C[C@@H](O)CNC(=O)[C@@H]2[C@@H](O)[C@@H](C)CN2C(=O)[C@H]([C@H](O)CCNC(=O)OCc2ccccc2)NC(=O)[C@H]([C@H](O)Cc2ccc(OCc3ccccc3)c(OCCBr)c2)NC(=O)[C@@H]2C[C@@H](O)CN2C1=O. The lowest BCUT2D eigenvalue weighted by molar-refractivity contribution is -0.147. The fraction of sp³-hybridized carbons (Fsp3) is 0.544. The van der Waals surface area contributed by atoms with Gasteiger partial charge in [-0.3, -0.25) is 28.8 Å². The van der Waals surface area contributed by atoms with E-state index in [9.17, 15) is 59.4 Å². The number of nitrogens with one attached hydrogen (secondary N) is 6. The maximum atomic E-state index is 15.0. The number of alkyl carbamates (subject to hydrolysis) is 2. The van der Waals surface area contributed by atoms with Gasteiger partial charge in [0.2, 0.25) is 35.4 Å². The molecule has 460 valence electrons. The van der Waals surface area contributed by atoms with Crippen molar-refractivity contribution in [3.05, 3.63) is 95.6 Å². The molecule has 13 atom stereocenters. The monoisotopic (exact) mass is 1240 g/mol. The van der Waals surface area contributed by atoms with E-state index in [0.717, 1.165) is 22.3 Å². The summed E-state index contributed by atoms with van der Waals surface area (Å²) in [7, 11) is 0. The van der Waals surface area contributed by atoms with Gasteiger partial charge in [0.25, 0.3) is 0 Å². The molecule has 3 aliphatic rings. The third-order valence-electron chi connectivity index (χ3n) is 14.1. The van der Waals surface area contributed by atoms with Crippen molar-refractivity contribution in [2.45, 2.75) is 152 Å². The molecule has 0 aliphatic carbocycles. The standard InChI is InChI=1S/C57H77BrN8O18/c1-31-27-66-47(48(31)72)52(76)60-26-36(68)24-38(61-56(80)84-57(3,4)5)49(73)62-44(32(2)67)53(77)65-28-37(69)25-39(65)50(74)63-45(41(71)22-35-16-17-42(43(23-35)81-21-19-58)82-29-33-12-8-6-9-13-33)51(75)64-46(54(66)78)40(70)18-20-59-55(79)83-30-34-14-10-7-11-15-34/h6-17,23,31-32,36-41,44-48,67-72H,18-22,24-30H2,1-5H3,(H,59,79)(H,60,76)(H,61,80)(H,62,73)(H,63,74)(H,64,75)/t31-,32+,36+,37+,38-,39-,40+,41+,44-,45-,46-,47-,48-/m0/s1. The number of hydrogen-bond acceptors (Lipinski definition) is 18. The van der Waals surface area contributed by atoms with Gasteiger partial charge in [0, 0.05) is 56.7 Å². The molecule has 12 N–H and O–H groups in total. The highest BCUT2D eigenvalue weighted by Gasteiger charge is 2.50. The zero-order valence-electron chi connectivity index (χ0n) is 47.4. The van der Waals surface area contributed by atoms with Crippen LogP contribution in [0.5, 0.6) is 11.5 Å². The molecule has 3 heterocycles. The second-order valence-electron chi connectivity index (χ2n) is 22.0. The van der Waals surface area contributed by atoms with Crippen LogP contribution in [0.25, 0.3) is 0 Å². The van der Waals surface area contributed by atoms with Crippen molar-refractivity contribution in [3.8, 4) is 11.5 Å². The van der Waals surface area contributed by atoms with Crippen LogP contribution in [0.1, 0.15) is 70.6 Å². The average molecular weight is 1240 g/mol. The molecule has 0 unspecified atom stereocenters. The second kappa shape index (κ2) is 30.6. The second-order valence-corrected chi connectivity index (χ2v) is 22.8. The Kier molecular flexibility index (Phi) is 24.0. The van der Waals surface area contributed by atoms with Crippen LogP contribution >= 0.6 is 15.9 Å². The minimum Gasteiger partial charge on any atom is -0.489 e. The van der Waals surface area contributed by atoms with Gasteiger partial charge in [-0.25, -0.2) is 9.59 Å². The molecule has 0 saturated carbocycles. The molecule has 3 saturated heterocycles. The number of carbonyl (C=O) groups excluding carboxylic acids is 8. The summed E-state index contributed by atoms with van der Waals surface area (Å²) in [6, 6.07) is 11.5. The third-order valence-corrected chi connectivity index (χ3v) is 14.4. The van der Waals surface area contributed by atoms with Crippen molar-refractivity contribution in [1.82, 2.24) is 41.7 Å². The lowest BCUT2D eigenvalue weighted by Crippen LogP contribution is -2.64. The summed E-state index contributed by atoms with van der Waals surface area (Å²) in [6.45, 7) is 5.62. The number of amides is 8. The molecule has 84 heavy (non-hydrogen) atoms. The molecule has 0 radical (unpaired) electrons. The molecule has 3 aliphatic heterocycles. The van der Waals surface area contributed by atoms with Crippen molar-refractivity contribution in [2.75, 3.05) is 38.1 Å². The van der Waals surface area contributed by atoms with Crippen molar-refractivity contribution in [2.24, 2.45) is 5.92 Å². The van der Waals surface area contributed by atoms with Crippen LogP contribution in [-0.4, -0.2) is 205 Å². The molecular weight excluding hydrogens is 1160 g/mol. The van der Waals surface area contributed by atoms with Crippen LogP contribution in [0.15, 0.2) is 78.9 Å². The van der Waals surface area contributed by atoms with E-state index in [0.29, 0.717) is 22.2 Å². The smallest absolute Gasteiger partial charge is 0.408 e. The van der Waals surface area contributed by atoms with Gasteiger partial charge in [-0.05, 0) is 62.9 Å². The summed E-state index contributed by atoms with van der Waals surface area (Å²) in [5.41, 5.74) is 0.779. The Bertz CT molecular complexity index is 2740. The van der Waals surface area contributed by atoms with Gasteiger partial charge in [-0.2, -0.15) is 0 Å². The first-order valence-electron chi connectivity index (χ1n) is 27.6.